The fraction of sp³-hybridized carbons (Fsp3) is 0.562. The number of rotatable bonds is 7. The van der Waals surface area contributed by atoms with E-state index in [9.17, 15) is 4.79 Å². The number of esters is 1. The summed E-state index contributed by atoms with van der Waals surface area (Å²) < 4.78 is 4.90. The number of ether oxygens (including phenoxy) is 1. The Morgan fingerprint density at radius 3 is 2.68 bits per heavy atom. The third-order valence-electron chi connectivity index (χ3n) is 3.34. The first kappa shape index (κ1) is 15.7. The molecule has 1 rings (SSSR count). The first-order chi connectivity index (χ1) is 9.04. The lowest BCUT2D eigenvalue weighted by Gasteiger charge is -2.15. The van der Waals surface area contributed by atoms with Gasteiger partial charge in [0.1, 0.15) is 0 Å². The van der Waals surface area contributed by atoms with Crippen molar-refractivity contribution in [3.8, 4) is 0 Å². The van der Waals surface area contributed by atoms with Crippen LogP contribution in [0.15, 0.2) is 18.2 Å². The molecule has 0 aliphatic rings. The molecule has 1 aromatic rings. The lowest BCUT2D eigenvalue weighted by atomic mass is 10.0. The van der Waals surface area contributed by atoms with Crippen LogP contribution in [0, 0.1) is 13.8 Å². The highest BCUT2D eigenvalue weighted by molar-refractivity contribution is 5.69. The van der Waals surface area contributed by atoms with Crippen LogP contribution in [0.3, 0.4) is 0 Å². The van der Waals surface area contributed by atoms with E-state index in [4.69, 9.17) is 4.74 Å². The van der Waals surface area contributed by atoms with Crippen molar-refractivity contribution < 1.29 is 9.53 Å². The van der Waals surface area contributed by atoms with E-state index in [1.165, 1.54) is 16.7 Å². The zero-order valence-electron chi connectivity index (χ0n) is 12.5. The molecule has 3 nitrogen and oxygen atoms in total. The molecular weight excluding hydrogens is 238 g/mol. The van der Waals surface area contributed by atoms with Gasteiger partial charge in [0.2, 0.25) is 0 Å². The molecule has 1 atom stereocenters. The number of hydrogen-bond donors (Lipinski definition) is 1. The van der Waals surface area contributed by atoms with E-state index in [1.54, 1.807) is 0 Å². The molecule has 0 radical (unpaired) electrons. The standard InChI is InChI=1S/C16H25NO2/c1-5-19-16(18)7-6-10-17-14(4)15-9-8-12(2)13(3)11-15/h8-9,11,14,17H,5-7,10H2,1-4H3. The molecule has 0 saturated carbocycles. The van der Waals surface area contributed by atoms with Gasteiger partial charge in [-0.15, -0.1) is 0 Å². The van der Waals surface area contributed by atoms with Crippen molar-refractivity contribution in [2.75, 3.05) is 13.2 Å². The molecule has 0 fully saturated rings. The van der Waals surface area contributed by atoms with E-state index >= 15 is 0 Å². The van der Waals surface area contributed by atoms with Gasteiger partial charge in [-0.1, -0.05) is 18.2 Å². The molecular formula is C16H25NO2. The van der Waals surface area contributed by atoms with Gasteiger partial charge in [-0.25, -0.2) is 0 Å². The molecule has 1 aromatic carbocycles. The summed E-state index contributed by atoms with van der Waals surface area (Å²) in [6.45, 7) is 9.52. The van der Waals surface area contributed by atoms with E-state index in [2.05, 4.69) is 44.3 Å². The SMILES string of the molecule is CCOC(=O)CCCNC(C)c1ccc(C)c(C)c1. The molecule has 0 heterocycles. The largest absolute Gasteiger partial charge is 0.466 e. The molecule has 0 spiro atoms. The summed E-state index contributed by atoms with van der Waals surface area (Å²) in [7, 11) is 0. The molecule has 0 bridgehead atoms. The van der Waals surface area contributed by atoms with Crippen molar-refractivity contribution in [2.24, 2.45) is 0 Å². The summed E-state index contributed by atoms with van der Waals surface area (Å²) in [5.74, 6) is -0.108. The van der Waals surface area contributed by atoms with E-state index in [0.29, 0.717) is 19.1 Å². The summed E-state index contributed by atoms with van der Waals surface area (Å²) in [5.41, 5.74) is 3.93. The van der Waals surface area contributed by atoms with Crippen molar-refractivity contribution >= 4 is 5.97 Å². The van der Waals surface area contributed by atoms with Crippen LogP contribution < -0.4 is 5.32 Å². The van der Waals surface area contributed by atoms with Gasteiger partial charge in [-0.2, -0.15) is 0 Å². The summed E-state index contributed by atoms with van der Waals surface area (Å²) >= 11 is 0. The summed E-state index contributed by atoms with van der Waals surface area (Å²) in [6, 6.07) is 6.84. The van der Waals surface area contributed by atoms with Crippen molar-refractivity contribution in [1.29, 1.82) is 0 Å². The summed E-state index contributed by atoms with van der Waals surface area (Å²) in [6.07, 6.45) is 1.30. The predicted molar refractivity (Wildman–Crippen MR) is 78.2 cm³/mol. The number of carbonyl (C=O) groups is 1. The molecule has 0 saturated heterocycles. The Kier molecular flexibility index (Phi) is 6.57. The third-order valence-corrected chi connectivity index (χ3v) is 3.34. The zero-order valence-corrected chi connectivity index (χ0v) is 12.5. The smallest absolute Gasteiger partial charge is 0.305 e. The van der Waals surface area contributed by atoms with Crippen LogP contribution in [0.5, 0.6) is 0 Å². The van der Waals surface area contributed by atoms with E-state index in [0.717, 1.165) is 13.0 Å². The third kappa shape index (κ3) is 5.43. The van der Waals surface area contributed by atoms with Crippen LogP contribution in [0.4, 0.5) is 0 Å². The number of nitrogens with one attached hydrogen (secondary N) is 1. The first-order valence-electron chi connectivity index (χ1n) is 7.00. The highest BCUT2D eigenvalue weighted by Gasteiger charge is 2.06. The van der Waals surface area contributed by atoms with Crippen LogP contribution in [0.25, 0.3) is 0 Å². The van der Waals surface area contributed by atoms with Gasteiger partial charge in [-0.05, 0) is 57.4 Å². The minimum absolute atomic E-state index is 0.108. The normalized spacial score (nSPS) is 12.2. The predicted octanol–water partition coefficient (Wildman–Crippen LogP) is 3.30. The van der Waals surface area contributed by atoms with Gasteiger partial charge in [0.05, 0.1) is 6.61 Å². The highest BCUT2D eigenvalue weighted by atomic mass is 16.5. The second kappa shape index (κ2) is 7.95. The molecule has 1 N–H and O–H groups in total. The fourth-order valence-electron chi connectivity index (χ4n) is 1.94. The Bertz CT molecular complexity index is 415. The number of carbonyl (C=O) groups excluding carboxylic acids is 1. The van der Waals surface area contributed by atoms with Crippen LogP contribution in [-0.4, -0.2) is 19.1 Å². The maximum atomic E-state index is 11.2. The van der Waals surface area contributed by atoms with E-state index in [-0.39, 0.29) is 5.97 Å². The molecule has 1 unspecified atom stereocenters. The topological polar surface area (TPSA) is 38.3 Å². The number of aryl methyl sites for hydroxylation is 2. The highest BCUT2D eigenvalue weighted by Crippen LogP contribution is 2.16. The Labute approximate surface area is 116 Å². The maximum absolute atomic E-state index is 11.2. The van der Waals surface area contributed by atoms with Crippen molar-refractivity contribution in [2.45, 2.75) is 46.6 Å². The monoisotopic (exact) mass is 263 g/mol. The van der Waals surface area contributed by atoms with Gasteiger partial charge >= 0.3 is 5.97 Å². The molecule has 0 aliphatic heterocycles. The van der Waals surface area contributed by atoms with Crippen LogP contribution in [-0.2, 0) is 9.53 Å². The number of hydrogen-bond acceptors (Lipinski definition) is 3. The van der Waals surface area contributed by atoms with E-state index < -0.39 is 0 Å². The van der Waals surface area contributed by atoms with E-state index in [1.807, 2.05) is 6.92 Å². The zero-order chi connectivity index (χ0) is 14.3. The van der Waals surface area contributed by atoms with Gasteiger partial charge in [-0.3, -0.25) is 4.79 Å². The Morgan fingerprint density at radius 1 is 1.32 bits per heavy atom. The average Bonchev–Trinajstić information content (AvgIpc) is 2.38. The van der Waals surface area contributed by atoms with Crippen molar-refractivity contribution in [3.63, 3.8) is 0 Å². The Balaban J connectivity index is 2.33. The molecule has 106 valence electrons. The average molecular weight is 263 g/mol. The lowest BCUT2D eigenvalue weighted by Crippen LogP contribution is -2.21. The van der Waals surface area contributed by atoms with Crippen LogP contribution >= 0.6 is 0 Å². The fourth-order valence-corrected chi connectivity index (χ4v) is 1.94. The Morgan fingerprint density at radius 2 is 2.05 bits per heavy atom. The Hall–Kier alpha value is -1.35. The van der Waals surface area contributed by atoms with Crippen LogP contribution in [0.2, 0.25) is 0 Å². The molecule has 19 heavy (non-hydrogen) atoms. The quantitative estimate of drug-likeness (QED) is 0.606. The lowest BCUT2D eigenvalue weighted by molar-refractivity contribution is -0.143. The van der Waals surface area contributed by atoms with Gasteiger partial charge in [0.15, 0.2) is 0 Å². The first-order valence-corrected chi connectivity index (χ1v) is 7.00. The van der Waals surface area contributed by atoms with Gasteiger partial charge in [0, 0.05) is 12.5 Å². The van der Waals surface area contributed by atoms with Gasteiger partial charge < -0.3 is 10.1 Å². The molecule has 3 heteroatoms. The minimum Gasteiger partial charge on any atom is -0.466 e. The maximum Gasteiger partial charge on any atom is 0.305 e. The van der Waals surface area contributed by atoms with Gasteiger partial charge in [0.25, 0.3) is 0 Å². The summed E-state index contributed by atoms with van der Waals surface area (Å²) in [5, 5.41) is 3.44. The molecule has 0 amide bonds. The second-order valence-corrected chi connectivity index (χ2v) is 4.93. The number of benzene rings is 1. The second-order valence-electron chi connectivity index (χ2n) is 4.93. The van der Waals surface area contributed by atoms with Crippen molar-refractivity contribution in [3.05, 3.63) is 34.9 Å². The van der Waals surface area contributed by atoms with Crippen LogP contribution in [0.1, 0.15) is 49.4 Å². The minimum atomic E-state index is -0.108. The van der Waals surface area contributed by atoms with Crippen molar-refractivity contribution in [1.82, 2.24) is 5.32 Å². The molecule has 0 aromatic heterocycles. The summed E-state index contributed by atoms with van der Waals surface area (Å²) in [4.78, 5) is 11.2. The molecule has 0 aliphatic carbocycles.